The summed E-state index contributed by atoms with van der Waals surface area (Å²) < 4.78 is 17.6. The largest absolute Gasteiger partial charge is 0.364 e. The van der Waals surface area contributed by atoms with Gasteiger partial charge in [0, 0.05) is 12.1 Å². The summed E-state index contributed by atoms with van der Waals surface area (Å²) in [5.41, 5.74) is 0.754. The number of nitrogens with zero attached hydrogens (tertiary/aromatic N) is 4. The molecule has 0 saturated carbocycles. The molecule has 3 aromatic heterocycles. The number of anilines is 2. The first-order valence-electron chi connectivity index (χ1n) is 5.63. The lowest BCUT2D eigenvalue weighted by atomic mass is 10.4. The minimum absolute atomic E-state index is 0.230. The molecule has 0 spiro atoms. The molecule has 0 fully saturated rings. The van der Waals surface area contributed by atoms with Gasteiger partial charge in [0.1, 0.15) is 17.8 Å². The SMILES string of the molecule is O=C(Nc1cncc(F)c1)Nc1nnc(-c2ccon2)s1. The van der Waals surface area contributed by atoms with Gasteiger partial charge in [0.2, 0.25) is 5.13 Å². The average Bonchev–Trinajstić information content (AvgIpc) is 3.08. The predicted octanol–water partition coefficient (Wildman–Crippen LogP) is 2.37. The molecule has 3 aromatic rings. The van der Waals surface area contributed by atoms with Gasteiger partial charge >= 0.3 is 6.03 Å². The number of hydrogen-bond acceptors (Lipinski definition) is 7. The Bertz CT molecular complexity index is 760. The molecule has 8 nitrogen and oxygen atoms in total. The molecule has 2 N–H and O–H groups in total. The minimum Gasteiger partial charge on any atom is -0.364 e. The Morgan fingerprint density at radius 3 is 2.95 bits per heavy atom. The maximum Gasteiger partial charge on any atom is 0.325 e. The Hall–Kier alpha value is -2.88. The highest BCUT2D eigenvalue weighted by Gasteiger charge is 2.11. The van der Waals surface area contributed by atoms with Gasteiger partial charge in [0.05, 0.1) is 18.1 Å². The second kappa shape index (κ2) is 5.63. The van der Waals surface area contributed by atoms with Crippen LogP contribution in [0.15, 0.2) is 35.3 Å². The van der Waals surface area contributed by atoms with E-state index in [4.69, 9.17) is 4.52 Å². The summed E-state index contributed by atoms with van der Waals surface area (Å²) in [5, 5.41) is 17.1. The molecule has 106 valence electrons. The van der Waals surface area contributed by atoms with E-state index < -0.39 is 11.8 Å². The third-order valence-corrected chi connectivity index (χ3v) is 3.13. The van der Waals surface area contributed by atoms with Crippen molar-refractivity contribution in [3.63, 3.8) is 0 Å². The lowest BCUT2D eigenvalue weighted by Crippen LogP contribution is -2.19. The van der Waals surface area contributed by atoms with E-state index >= 15 is 0 Å². The fourth-order valence-electron chi connectivity index (χ4n) is 1.44. The molecule has 0 atom stereocenters. The lowest BCUT2D eigenvalue weighted by molar-refractivity contribution is 0.262. The Labute approximate surface area is 121 Å². The highest BCUT2D eigenvalue weighted by molar-refractivity contribution is 7.18. The van der Waals surface area contributed by atoms with Crippen LogP contribution in [0.25, 0.3) is 10.7 Å². The Morgan fingerprint density at radius 1 is 1.29 bits per heavy atom. The standard InChI is InChI=1S/C11H7FN6O2S/c12-6-3-7(5-13-4-6)14-10(19)15-11-17-16-9(21-11)8-1-2-20-18-8/h1-5H,(H2,14,15,17,19). The Morgan fingerprint density at radius 2 is 2.19 bits per heavy atom. The van der Waals surface area contributed by atoms with Gasteiger partial charge in [0.25, 0.3) is 0 Å². The minimum atomic E-state index is -0.578. The van der Waals surface area contributed by atoms with E-state index in [0.717, 1.165) is 23.6 Å². The molecule has 0 saturated heterocycles. The van der Waals surface area contributed by atoms with E-state index in [2.05, 4.69) is 31.0 Å². The van der Waals surface area contributed by atoms with Gasteiger partial charge in [-0.1, -0.05) is 16.5 Å². The molecular weight excluding hydrogens is 299 g/mol. The zero-order chi connectivity index (χ0) is 14.7. The quantitative estimate of drug-likeness (QED) is 0.769. The van der Waals surface area contributed by atoms with Crippen molar-refractivity contribution < 1.29 is 13.7 Å². The second-order valence-corrected chi connectivity index (χ2v) is 4.75. The van der Waals surface area contributed by atoms with Crippen LogP contribution >= 0.6 is 11.3 Å². The molecule has 3 rings (SSSR count). The summed E-state index contributed by atoms with van der Waals surface area (Å²) in [4.78, 5) is 15.3. The van der Waals surface area contributed by atoms with Crippen molar-refractivity contribution in [2.75, 3.05) is 10.6 Å². The van der Waals surface area contributed by atoms with E-state index in [-0.39, 0.29) is 10.8 Å². The summed E-state index contributed by atoms with van der Waals surface area (Å²) >= 11 is 1.13. The molecular formula is C11H7FN6O2S. The van der Waals surface area contributed by atoms with Crippen LogP contribution in [0.3, 0.4) is 0 Å². The lowest BCUT2D eigenvalue weighted by Gasteiger charge is -2.03. The van der Waals surface area contributed by atoms with Gasteiger partial charge in [-0.2, -0.15) is 0 Å². The number of aromatic nitrogens is 4. The normalized spacial score (nSPS) is 10.3. The number of carbonyl (C=O) groups excluding carboxylic acids is 1. The third kappa shape index (κ3) is 3.17. The maximum absolute atomic E-state index is 12.9. The van der Waals surface area contributed by atoms with Crippen LogP contribution in [0, 0.1) is 5.82 Å². The first-order chi connectivity index (χ1) is 10.2. The first-order valence-corrected chi connectivity index (χ1v) is 6.45. The fraction of sp³-hybridized carbons (Fsp3) is 0. The van der Waals surface area contributed by atoms with Crippen molar-refractivity contribution in [3.05, 3.63) is 36.6 Å². The summed E-state index contributed by atoms with van der Waals surface area (Å²) in [5.74, 6) is -0.544. The Kier molecular flexibility index (Phi) is 3.51. The van der Waals surface area contributed by atoms with Gasteiger partial charge in [-0.25, -0.2) is 9.18 Å². The number of carbonyl (C=O) groups is 1. The van der Waals surface area contributed by atoms with Crippen molar-refractivity contribution in [1.82, 2.24) is 20.3 Å². The van der Waals surface area contributed by atoms with Crippen LogP contribution in [0.4, 0.5) is 20.0 Å². The molecule has 2 amide bonds. The van der Waals surface area contributed by atoms with Crippen molar-refractivity contribution in [2.45, 2.75) is 0 Å². The summed E-state index contributed by atoms with van der Waals surface area (Å²) in [6, 6.07) is 2.20. The van der Waals surface area contributed by atoms with Crippen LogP contribution in [0.2, 0.25) is 0 Å². The van der Waals surface area contributed by atoms with Crippen molar-refractivity contribution in [1.29, 1.82) is 0 Å². The molecule has 10 heteroatoms. The van der Waals surface area contributed by atoms with Crippen LogP contribution in [-0.2, 0) is 0 Å². The third-order valence-electron chi connectivity index (χ3n) is 2.27. The molecule has 0 aliphatic heterocycles. The van der Waals surface area contributed by atoms with Crippen molar-refractivity contribution >= 4 is 28.2 Å². The number of nitrogens with one attached hydrogen (secondary N) is 2. The van der Waals surface area contributed by atoms with E-state index in [1.54, 1.807) is 6.07 Å². The summed E-state index contributed by atoms with van der Waals surface area (Å²) in [7, 11) is 0. The number of urea groups is 1. The zero-order valence-electron chi connectivity index (χ0n) is 10.3. The van der Waals surface area contributed by atoms with Crippen LogP contribution in [0.1, 0.15) is 0 Å². The van der Waals surface area contributed by atoms with Crippen LogP contribution in [-0.4, -0.2) is 26.4 Å². The number of rotatable bonds is 3. The highest BCUT2D eigenvalue weighted by atomic mass is 32.1. The second-order valence-electron chi connectivity index (χ2n) is 3.77. The molecule has 21 heavy (non-hydrogen) atoms. The monoisotopic (exact) mass is 306 g/mol. The van der Waals surface area contributed by atoms with Crippen molar-refractivity contribution in [2.24, 2.45) is 0 Å². The Balaban J connectivity index is 1.65. The molecule has 0 aromatic carbocycles. The smallest absolute Gasteiger partial charge is 0.325 e. The van der Waals surface area contributed by atoms with Crippen LogP contribution < -0.4 is 10.6 Å². The molecule has 3 heterocycles. The molecule has 0 radical (unpaired) electrons. The zero-order valence-corrected chi connectivity index (χ0v) is 11.1. The van der Waals surface area contributed by atoms with Gasteiger partial charge in [-0.05, 0) is 0 Å². The van der Waals surface area contributed by atoms with Gasteiger partial charge < -0.3 is 9.84 Å². The highest BCUT2D eigenvalue weighted by Crippen LogP contribution is 2.24. The predicted molar refractivity (Wildman–Crippen MR) is 72.2 cm³/mol. The van der Waals surface area contributed by atoms with Gasteiger partial charge in [-0.3, -0.25) is 10.3 Å². The molecule has 0 bridgehead atoms. The molecule has 0 aliphatic rings. The fourth-order valence-corrected chi connectivity index (χ4v) is 2.14. The molecule has 0 aliphatic carbocycles. The number of hydrogen-bond donors (Lipinski definition) is 2. The van der Waals surface area contributed by atoms with E-state index in [1.807, 2.05) is 0 Å². The summed E-state index contributed by atoms with van der Waals surface area (Å²) in [6.07, 6.45) is 3.77. The first kappa shape index (κ1) is 13.1. The number of halogens is 1. The van der Waals surface area contributed by atoms with Gasteiger partial charge in [-0.15, -0.1) is 10.2 Å². The topological polar surface area (TPSA) is 106 Å². The molecule has 0 unspecified atom stereocenters. The van der Waals surface area contributed by atoms with Gasteiger partial charge in [0.15, 0.2) is 5.01 Å². The summed E-state index contributed by atoms with van der Waals surface area (Å²) in [6.45, 7) is 0. The number of amides is 2. The van der Waals surface area contributed by atoms with Crippen molar-refractivity contribution in [3.8, 4) is 10.7 Å². The van der Waals surface area contributed by atoms with E-state index in [9.17, 15) is 9.18 Å². The van der Waals surface area contributed by atoms with E-state index in [1.165, 1.54) is 12.5 Å². The van der Waals surface area contributed by atoms with Crippen LogP contribution in [0.5, 0.6) is 0 Å². The number of pyridine rings is 1. The maximum atomic E-state index is 12.9. The van der Waals surface area contributed by atoms with E-state index in [0.29, 0.717) is 10.7 Å². The average molecular weight is 306 g/mol.